The summed E-state index contributed by atoms with van der Waals surface area (Å²) < 4.78 is 24.1. The molecule has 0 radical (unpaired) electrons. The van der Waals surface area contributed by atoms with Crippen molar-refractivity contribution >= 4 is 9.84 Å². The molecule has 1 N–H and O–H groups in total. The molecule has 0 saturated carbocycles. The van der Waals surface area contributed by atoms with E-state index >= 15 is 0 Å². The van der Waals surface area contributed by atoms with Crippen LogP contribution in [0.2, 0.25) is 0 Å². The van der Waals surface area contributed by atoms with Gasteiger partial charge in [-0.2, -0.15) is 0 Å². The van der Waals surface area contributed by atoms with E-state index in [1.54, 1.807) is 12.1 Å². The van der Waals surface area contributed by atoms with Gasteiger partial charge in [-0.05, 0) is 37.3 Å². The lowest BCUT2D eigenvalue weighted by atomic mass is 10.0. The summed E-state index contributed by atoms with van der Waals surface area (Å²) in [4.78, 5) is 0.503. The third-order valence-electron chi connectivity index (χ3n) is 3.68. The second-order valence-corrected chi connectivity index (χ2v) is 7.91. The van der Waals surface area contributed by atoms with Gasteiger partial charge in [-0.25, -0.2) is 8.42 Å². The molecule has 19 heavy (non-hydrogen) atoms. The molecule has 1 aromatic carbocycles. The third-order valence-corrected chi connectivity index (χ3v) is 5.49. The topological polar surface area (TPSA) is 46.2 Å². The number of rotatable bonds is 5. The predicted octanol–water partition coefficient (Wildman–Crippen LogP) is 2.93. The molecule has 2 atom stereocenters. The quantitative estimate of drug-likeness (QED) is 0.902. The first-order chi connectivity index (χ1) is 8.90. The van der Waals surface area contributed by atoms with Crippen molar-refractivity contribution in [3.05, 3.63) is 29.8 Å². The number of hydrogen-bond acceptors (Lipinski definition) is 3. The monoisotopic (exact) mass is 281 g/mol. The Balaban J connectivity index is 2.08. The Morgan fingerprint density at radius 2 is 1.89 bits per heavy atom. The summed E-state index contributed by atoms with van der Waals surface area (Å²) in [6.45, 7) is 6.56. The van der Waals surface area contributed by atoms with Crippen molar-refractivity contribution in [2.45, 2.75) is 50.6 Å². The van der Waals surface area contributed by atoms with Crippen LogP contribution in [0.1, 0.15) is 45.2 Å². The van der Waals surface area contributed by atoms with Gasteiger partial charge in [0.2, 0.25) is 0 Å². The molecule has 1 aromatic rings. The molecular formula is C15H23NO2S. The number of benzene rings is 1. The zero-order chi connectivity index (χ0) is 14.0. The minimum absolute atomic E-state index is 0.0524. The highest BCUT2D eigenvalue weighted by atomic mass is 32.2. The van der Waals surface area contributed by atoms with Crippen LogP contribution >= 0.6 is 0 Å². The Bertz CT molecular complexity index is 537. The molecule has 0 aromatic heterocycles. The van der Waals surface area contributed by atoms with Crippen LogP contribution < -0.4 is 5.32 Å². The molecule has 0 bridgehead atoms. The summed E-state index contributed by atoms with van der Waals surface area (Å²) >= 11 is 0. The first-order valence-corrected chi connectivity index (χ1v) is 8.63. The van der Waals surface area contributed by atoms with Crippen molar-refractivity contribution in [3.8, 4) is 0 Å². The van der Waals surface area contributed by atoms with Crippen molar-refractivity contribution in [1.29, 1.82) is 0 Å². The minimum Gasteiger partial charge on any atom is -0.307 e. The van der Waals surface area contributed by atoms with Crippen LogP contribution in [0.3, 0.4) is 0 Å². The van der Waals surface area contributed by atoms with Gasteiger partial charge < -0.3 is 5.32 Å². The predicted molar refractivity (Wildman–Crippen MR) is 77.9 cm³/mol. The number of sulfone groups is 1. The van der Waals surface area contributed by atoms with Gasteiger partial charge in [-0.3, -0.25) is 0 Å². The van der Waals surface area contributed by atoms with E-state index < -0.39 is 9.84 Å². The van der Waals surface area contributed by atoms with Gasteiger partial charge in [0, 0.05) is 12.1 Å². The molecule has 1 aliphatic heterocycles. The summed E-state index contributed by atoms with van der Waals surface area (Å²) in [6.07, 6.45) is 2.24. The highest BCUT2D eigenvalue weighted by Crippen LogP contribution is 2.33. The largest absolute Gasteiger partial charge is 0.307 e. The Hall–Kier alpha value is -0.870. The van der Waals surface area contributed by atoms with Gasteiger partial charge in [-0.1, -0.05) is 32.0 Å². The van der Waals surface area contributed by atoms with Gasteiger partial charge in [-0.15, -0.1) is 0 Å². The molecule has 4 heteroatoms. The van der Waals surface area contributed by atoms with E-state index in [1.807, 2.05) is 12.1 Å². The van der Waals surface area contributed by atoms with Crippen LogP contribution in [0.4, 0.5) is 0 Å². The Morgan fingerprint density at radius 1 is 1.21 bits per heavy atom. The van der Waals surface area contributed by atoms with Crippen LogP contribution in [0.25, 0.3) is 0 Å². The lowest BCUT2D eigenvalue weighted by Gasteiger charge is -2.20. The van der Waals surface area contributed by atoms with Gasteiger partial charge in [0.15, 0.2) is 9.84 Å². The third kappa shape index (κ3) is 3.37. The van der Waals surface area contributed by atoms with Crippen LogP contribution in [0, 0.1) is 5.92 Å². The maximum Gasteiger partial charge on any atom is 0.180 e. The maximum atomic E-state index is 12.1. The van der Waals surface area contributed by atoms with Crippen LogP contribution in [0.15, 0.2) is 29.2 Å². The molecule has 2 unspecified atom stereocenters. The van der Waals surface area contributed by atoms with E-state index in [0.717, 1.165) is 18.4 Å². The lowest BCUT2D eigenvalue weighted by molar-refractivity contribution is 0.419. The van der Waals surface area contributed by atoms with Gasteiger partial charge in [0.25, 0.3) is 0 Å². The minimum atomic E-state index is -3.09. The first-order valence-electron chi connectivity index (χ1n) is 6.98. The fraction of sp³-hybridized carbons (Fsp3) is 0.600. The van der Waals surface area contributed by atoms with Crippen LogP contribution in [0.5, 0.6) is 0 Å². The highest BCUT2D eigenvalue weighted by Gasteiger charge is 2.34. The van der Waals surface area contributed by atoms with Crippen molar-refractivity contribution in [2.75, 3.05) is 5.75 Å². The second kappa shape index (κ2) is 5.63. The normalized spacial score (nSPS) is 22.4. The van der Waals surface area contributed by atoms with E-state index in [1.165, 1.54) is 0 Å². The van der Waals surface area contributed by atoms with E-state index in [-0.39, 0.29) is 11.8 Å². The smallest absolute Gasteiger partial charge is 0.180 e. The van der Waals surface area contributed by atoms with Crippen LogP contribution in [-0.4, -0.2) is 20.2 Å². The van der Waals surface area contributed by atoms with Crippen molar-refractivity contribution in [2.24, 2.45) is 5.92 Å². The van der Waals surface area contributed by atoms with Crippen LogP contribution in [-0.2, 0) is 9.84 Å². The summed E-state index contributed by atoms with van der Waals surface area (Å²) in [6, 6.07) is 7.63. The van der Waals surface area contributed by atoms with Crippen molar-refractivity contribution in [3.63, 3.8) is 0 Å². The Labute approximate surface area is 116 Å². The summed E-state index contributed by atoms with van der Waals surface area (Å²) in [5, 5.41) is 3.47. The second-order valence-electron chi connectivity index (χ2n) is 5.91. The maximum absolute atomic E-state index is 12.1. The van der Waals surface area contributed by atoms with E-state index in [2.05, 4.69) is 26.1 Å². The van der Waals surface area contributed by atoms with E-state index in [4.69, 9.17) is 0 Å². The summed E-state index contributed by atoms with van der Waals surface area (Å²) in [5.74, 6) is 0.877. The molecule has 0 amide bonds. The zero-order valence-corrected chi connectivity index (χ0v) is 12.7. The fourth-order valence-corrected chi connectivity index (χ4v) is 4.35. The average Bonchev–Trinajstić information content (AvgIpc) is 2.59. The lowest BCUT2D eigenvalue weighted by Crippen LogP contribution is -2.31. The number of fused-ring (bicyclic) bond motifs is 1. The fourth-order valence-electron chi connectivity index (χ4n) is 2.60. The molecule has 0 saturated heterocycles. The number of hydrogen-bond donors (Lipinski definition) is 1. The standard InChI is InChI=1S/C15H23NO2S/c1-11(2)8-9-12(3)16-14-10-19(17,18)15-7-5-4-6-13(14)15/h4-7,11-12,14,16H,8-10H2,1-3H3. The molecule has 106 valence electrons. The molecular weight excluding hydrogens is 258 g/mol. The average molecular weight is 281 g/mol. The Kier molecular flexibility index (Phi) is 4.31. The molecule has 0 fully saturated rings. The SMILES string of the molecule is CC(C)CCC(C)NC1CS(=O)(=O)c2ccccc21. The van der Waals surface area contributed by atoms with Gasteiger partial charge in [0.1, 0.15) is 0 Å². The molecule has 1 aliphatic rings. The highest BCUT2D eigenvalue weighted by molar-refractivity contribution is 7.91. The molecule has 0 aliphatic carbocycles. The number of nitrogens with one attached hydrogen (secondary N) is 1. The zero-order valence-electron chi connectivity index (χ0n) is 11.9. The van der Waals surface area contributed by atoms with Crippen molar-refractivity contribution < 1.29 is 8.42 Å². The summed E-state index contributed by atoms with van der Waals surface area (Å²) in [7, 11) is -3.09. The van der Waals surface area contributed by atoms with E-state index in [0.29, 0.717) is 16.9 Å². The van der Waals surface area contributed by atoms with Gasteiger partial charge >= 0.3 is 0 Å². The molecule has 2 rings (SSSR count). The van der Waals surface area contributed by atoms with Crippen molar-refractivity contribution in [1.82, 2.24) is 5.32 Å². The molecule has 3 nitrogen and oxygen atoms in total. The Morgan fingerprint density at radius 3 is 2.58 bits per heavy atom. The molecule has 0 spiro atoms. The first kappa shape index (κ1) is 14.5. The van der Waals surface area contributed by atoms with E-state index in [9.17, 15) is 8.42 Å². The summed E-state index contributed by atoms with van der Waals surface area (Å²) in [5.41, 5.74) is 0.930. The van der Waals surface area contributed by atoms with Gasteiger partial charge in [0.05, 0.1) is 10.6 Å². The molecule has 1 heterocycles.